The van der Waals surface area contributed by atoms with Crippen molar-refractivity contribution in [2.24, 2.45) is 0 Å². The fourth-order valence-corrected chi connectivity index (χ4v) is 2.34. The maximum Gasteiger partial charge on any atom is 0.126 e. The Morgan fingerprint density at radius 1 is 1.16 bits per heavy atom. The van der Waals surface area contributed by atoms with Crippen LogP contribution in [0.3, 0.4) is 0 Å². The van der Waals surface area contributed by atoms with Crippen molar-refractivity contribution in [1.29, 1.82) is 0 Å². The van der Waals surface area contributed by atoms with E-state index in [-0.39, 0.29) is 5.82 Å². The minimum Gasteiger partial charge on any atom is -0.496 e. The monoisotopic (exact) mass is 298 g/mol. The Labute approximate surface area is 121 Å². The largest absolute Gasteiger partial charge is 0.496 e. The summed E-state index contributed by atoms with van der Waals surface area (Å²) in [5.74, 6) is 0.356. The highest BCUT2D eigenvalue weighted by Crippen LogP contribution is 2.37. The van der Waals surface area contributed by atoms with E-state index >= 15 is 0 Å². The third kappa shape index (κ3) is 3.02. The molecule has 4 heteroatoms. The first-order valence-corrected chi connectivity index (χ1v) is 6.58. The highest BCUT2D eigenvalue weighted by molar-refractivity contribution is 6.31. The van der Waals surface area contributed by atoms with E-state index in [0.717, 1.165) is 5.56 Å². The lowest BCUT2D eigenvalue weighted by Crippen LogP contribution is -1.98. The van der Waals surface area contributed by atoms with Crippen LogP contribution in [0.2, 0.25) is 5.02 Å². The molecular weight excluding hydrogens is 286 g/mol. The smallest absolute Gasteiger partial charge is 0.126 e. The van der Waals surface area contributed by atoms with Crippen LogP contribution in [0.15, 0.2) is 36.4 Å². The molecule has 2 aromatic rings. The summed E-state index contributed by atoms with van der Waals surface area (Å²) < 4.78 is 18.9. The fraction of sp³-hybridized carbons (Fsp3) is 0.200. The maximum absolute atomic E-state index is 13.6. The number of aryl methyl sites for hydroxylation is 1. The number of methoxy groups -OCH3 is 1. The van der Waals surface area contributed by atoms with Gasteiger partial charge in [-0.3, -0.25) is 0 Å². The zero-order valence-corrected chi connectivity index (χ0v) is 12.1. The van der Waals surface area contributed by atoms with Gasteiger partial charge < -0.3 is 4.74 Å². The van der Waals surface area contributed by atoms with Crippen LogP contribution in [0.4, 0.5) is 4.39 Å². The lowest BCUT2D eigenvalue weighted by atomic mass is 10.0. The average Bonchev–Trinajstić information content (AvgIpc) is 2.41. The lowest BCUT2D eigenvalue weighted by Gasteiger charge is -2.15. The number of hydrogen-bond donors (Lipinski definition) is 0. The van der Waals surface area contributed by atoms with Gasteiger partial charge in [0.15, 0.2) is 0 Å². The third-order valence-electron chi connectivity index (χ3n) is 2.95. The van der Waals surface area contributed by atoms with Gasteiger partial charge in [0, 0.05) is 10.6 Å². The minimum atomic E-state index is -0.510. The van der Waals surface area contributed by atoms with Gasteiger partial charge in [-0.15, -0.1) is 11.6 Å². The second-order valence-corrected chi connectivity index (χ2v) is 5.13. The molecule has 0 heterocycles. The van der Waals surface area contributed by atoms with Gasteiger partial charge in [-0.2, -0.15) is 0 Å². The van der Waals surface area contributed by atoms with E-state index in [1.165, 1.54) is 6.07 Å². The van der Waals surface area contributed by atoms with Gasteiger partial charge in [-0.1, -0.05) is 23.7 Å². The molecule has 2 aromatic carbocycles. The second-order valence-electron chi connectivity index (χ2n) is 4.26. The van der Waals surface area contributed by atoms with Crippen molar-refractivity contribution in [3.63, 3.8) is 0 Å². The maximum atomic E-state index is 13.6. The van der Waals surface area contributed by atoms with Crippen LogP contribution in [0.25, 0.3) is 0 Å². The molecule has 0 N–H and O–H groups in total. The molecule has 0 aliphatic heterocycles. The van der Waals surface area contributed by atoms with Crippen molar-refractivity contribution < 1.29 is 9.13 Å². The SMILES string of the molecule is COc1ccc(Cl)cc1C(Cl)c1ccc(C)c(F)c1. The molecule has 1 nitrogen and oxygen atoms in total. The van der Waals surface area contributed by atoms with E-state index in [1.54, 1.807) is 44.4 Å². The van der Waals surface area contributed by atoms with Crippen molar-refractivity contribution in [2.45, 2.75) is 12.3 Å². The molecule has 2 rings (SSSR count). The Morgan fingerprint density at radius 2 is 1.89 bits per heavy atom. The van der Waals surface area contributed by atoms with Gasteiger partial charge in [0.25, 0.3) is 0 Å². The molecule has 0 aliphatic carbocycles. The van der Waals surface area contributed by atoms with E-state index in [0.29, 0.717) is 21.9 Å². The molecule has 19 heavy (non-hydrogen) atoms. The number of benzene rings is 2. The number of halogens is 3. The number of alkyl halides is 1. The Bertz CT molecular complexity index is 599. The predicted molar refractivity (Wildman–Crippen MR) is 76.8 cm³/mol. The van der Waals surface area contributed by atoms with Crippen molar-refractivity contribution >= 4 is 23.2 Å². The van der Waals surface area contributed by atoms with Crippen LogP contribution in [0, 0.1) is 12.7 Å². The standard InChI is InChI=1S/C15H13Cl2FO/c1-9-3-4-10(7-13(9)18)15(17)12-8-11(16)5-6-14(12)19-2/h3-8,15H,1-2H3. The molecule has 0 radical (unpaired) electrons. The van der Waals surface area contributed by atoms with E-state index in [4.69, 9.17) is 27.9 Å². The highest BCUT2D eigenvalue weighted by atomic mass is 35.5. The van der Waals surface area contributed by atoms with Gasteiger partial charge in [-0.05, 0) is 42.3 Å². The number of rotatable bonds is 3. The molecule has 0 fully saturated rings. The van der Waals surface area contributed by atoms with Crippen molar-refractivity contribution in [3.8, 4) is 5.75 Å². The second kappa shape index (κ2) is 5.81. The molecule has 0 bridgehead atoms. The first-order valence-electron chi connectivity index (χ1n) is 5.76. The van der Waals surface area contributed by atoms with Gasteiger partial charge >= 0.3 is 0 Å². The quantitative estimate of drug-likeness (QED) is 0.714. The Balaban J connectivity index is 2.45. The van der Waals surface area contributed by atoms with Crippen molar-refractivity contribution in [1.82, 2.24) is 0 Å². The van der Waals surface area contributed by atoms with Crippen LogP contribution in [-0.2, 0) is 0 Å². The van der Waals surface area contributed by atoms with E-state index in [9.17, 15) is 4.39 Å². The molecule has 1 unspecified atom stereocenters. The first kappa shape index (κ1) is 14.2. The lowest BCUT2D eigenvalue weighted by molar-refractivity contribution is 0.410. The minimum absolute atomic E-state index is 0.274. The van der Waals surface area contributed by atoms with E-state index < -0.39 is 5.38 Å². The molecule has 0 aromatic heterocycles. The predicted octanol–water partition coefficient (Wildman–Crippen LogP) is 5.12. The molecule has 0 saturated heterocycles. The summed E-state index contributed by atoms with van der Waals surface area (Å²) in [5, 5.41) is 0.0535. The summed E-state index contributed by atoms with van der Waals surface area (Å²) in [6.07, 6.45) is 0. The summed E-state index contributed by atoms with van der Waals surface area (Å²) in [7, 11) is 1.56. The number of ether oxygens (including phenoxy) is 1. The summed E-state index contributed by atoms with van der Waals surface area (Å²) in [4.78, 5) is 0. The third-order valence-corrected chi connectivity index (χ3v) is 3.68. The Morgan fingerprint density at radius 3 is 2.53 bits per heavy atom. The summed E-state index contributed by atoms with van der Waals surface area (Å²) in [6.45, 7) is 1.71. The van der Waals surface area contributed by atoms with Gasteiger partial charge in [-0.25, -0.2) is 4.39 Å². The van der Waals surface area contributed by atoms with Gasteiger partial charge in [0.2, 0.25) is 0 Å². The van der Waals surface area contributed by atoms with E-state index in [1.807, 2.05) is 0 Å². The average molecular weight is 299 g/mol. The molecule has 1 atom stereocenters. The van der Waals surface area contributed by atoms with Crippen LogP contribution in [-0.4, -0.2) is 7.11 Å². The summed E-state index contributed by atoms with van der Waals surface area (Å²) in [6, 6.07) is 10.2. The molecule has 0 amide bonds. The molecular formula is C15H13Cl2FO. The van der Waals surface area contributed by atoms with Gasteiger partial charge in [0.05, 0.1) is 12.5 Å². The van der Waals surface area contributed by atoms with E-state index in [2.05, 4.69) is 0 Å². The molecule has 0 spiro atoms. The van der Waals surface area contributed by atoms with Crippen LogP contribution >= 0.6 is 23.2 Å². The normalized spacial score (nSPS) is 12.3. The van der Waals surface area contributed by atoms with Crippen molar-refractivity contribution in [3.05, 3.63) is 63.9 Å². The molecule has 0 aliphatic rings. The van der Waals surface area contributed by atoms with Crippen molar-refractivity contribution in [2.75, 3.05) is 7.11 Å². The fourth-order valence-electron chi connectivity index (χ4n) is 1.85. The highest BCUT2D eigenvalue weighted by Gasteiger charge is 2.17. The molecule has 100 valence electrons. The summed E-state index contributed by atoms with van der Waals surface area (Å²) >= 11 is 12.4. The first-order chi connectivity index (χ1) is 9.02. The topological polar surface area (TPSA) is 9.23 Å². The zero-order chi connectivity index (χ0) is 14.0. The van der Waals surface area contributed by atoms with Crippen LogP contribution in [0.1, 0.15) is 22.1 Å². The summed E-state index contributed by atoms with van der Waals surface area (Å²) in [5.41, 5.74) is 1.98. The molecule has 0 saturated carbocycles. The Kier molecular flexibility index (Phi) is 4.33. The number of hydrogen-bond acceptors (Lipinski definition) is 1. The van der Waals surface area contributed by atoms with Gasteiger partial charge in [0.1, 0.15) is 11.6 Å². The van der Waals surface area contributed by atoms with Crippen LogP contribution < -0.4 is 4.74 Å². The van der Waals surface area contributed by atoms with Crippen LogP contribution in [0.5, 0.6) is 5.75 Å². The Hall–Kier alpha value is -1.25. The zero-order valence-electron chi connectivity index (χ0n) is 10.6.